The van der Waals surface area contributed by atoms with Crippen LogP contribution in [-0.4, -0.2) is 29.7 Å². The van der Waals surface area contributed by atoms with Gasteiger partial charge in [-0.3, -0.25) is 0 Å². The summed E-state index contributed by atoms with van der Waals surface area (Å²) in [5, 5.41) is 0.824. The van der Waals surface area contributed by atoms with Crippen molar-refractivity contribution in [2.24, 2.45) is 0 Å². The first-order chi connectivity index (χ1) is 12.6. The molecule has 2 N–H and O–H groups in total. The van der Waals surface area contributed by atoms with Crippen molar-refractivity contribution in [2.75, 3.05) is 30.4 Å². The van der Waals surface area contributed by atoms with Crippen LogP contribution in [0.1, 0.15) is 47.7 Å². The largest absolute Gasteiger partial charge is 0.379 e. The summed E-state index contributed by atoms with van der Waals surface area (Å²) >= 11 is 6.72. The van der Waals surface area contributed by atoms with E-state index in [1.807, 2.05) is 13.0 Å². The van der Waals surface area contributed by atoms with Crippen molar-refractivity contribution < 1.29 is 4.74 Å². The van der Waals surface area contributed by atoms with Crippen LogP contribution in [0.25, 0.3) is 0 Å². The summed E-state index contributed by atoms with van der Waals surface area (Å²) in [6.45, 7) is 4.14. The fraction of sp³-hybridized carbons (Fsp3) is 0.500. The van der Waals surface area contributed by atoms with E-state index >= 15 is 0 Å². The summed E-state index contributed by atoms with van der Waals surface area (Å²) in [5.41, 5.74) is 10.7. The minimum absolute atomic E-state index is 0.0333. The lowest BCUT2D eigenvalue weighted by Gasteiger charge is -2.32. The number of hydrogen-bond acceptors (Lipinski definition) is 5. The molecule has 1 unspecified atom stereocenters. The number of fused-ring (bicyclic) bond motifs is 1. The Morgan fingerprint density at radius 3 is 2.65 bits per heavy atom. The highest BCUT2D eigenvalue weighted by Gasteiger charge is 2.28. The molecule has 0 amide bonds. The standard InChI is InChI=1S/C20H25ClN4O/c1-13-9-19(24-20(22)23-13)25-7-4-8-26-12-18(25)16-10-14-5-2-3-6-15(14)11-17(16)21/h9-11,18H,2-8,12H2,1H3,(H2,22,23,24). The van der Waals surface area contributed by atoms with Gasteiger partial charge in [-0.2, -0.15) is 4.98 Å². The van der Waals surface area contributed by atoms with Crippen LogP contribution >= 0.6 is 11.6 Å². The number of hydrogen-bond donors (Lipinski definition) is 1. The van der Waals surface area contributed by atoms with Crippen molar-refractivity contribution in [3.8, 4) is 0 Å². The molecule has 4 rings (SSSR count). The van der Waals surface area contributed by atoms with Gasteiger partial charge in [-0.1, -0.05) is 17.7 Å². The van der Waals surface area contributed by atoms with E-state index < -0.39 is 0 Å². The molecule has 1 atom stereocenters. The molecule has 0 radical (unpaired) electrons. The predicted molar refractivity (Wildman–Crippen MR) is 105 cm³/mol. The number of rotatable bonds is 2. The fourth-order valence-corrected chi connectivity index (χ4v) is 4.37. The van der Waals surface area contributed by atoms with Crippen LogP contribution in [0.3, 0.4) is 0 Å². The third-order valence-electron chi connectivity index (χ3n) is 5.31. The molecule has 2 aromatic rings. The fourth-order valence-electron chi connectivity index (χ4n) is 4.06. The average Bonchev–Trinajstić information content (AvgIpc) is 2.86. The zero-order valence-electron chi connectivity index (χ0n) is 15.2. The predicted octanol–water partition coefficient (Wildman–Crippen LogP) is 3.87. The normalized spacial score (nSPS) is 20.5. The zero-order valence-corrected chi connectivity index (χ0v) is 15.9. The third-order valence-corrected chi connectivity index (χ3v) is 5.64. The topological polar surface area (TPSA) is 64.3 Å². The summed E-state index contributed by atoms with van der Waals surface area (Å²) in [6, 6.07) is 6.47. The maximum Gasteiger partial charge on any atom is 0.222 e. The quantitative estimate of drug-likeness (QED) is 0.866. The van der Waals surface area contributed by atoms with Gasteiger partial charge < -0.3 is 15.4 Å². The first-order valence-electron chi connectivity index (χ1n) is 9.38. The molecular weight excluding hydrogens is 348 g/mol. The number of benzene rings is 1. The Morgan fingerprint density at radius 1 is 1.12 bits per heavy atom. The van der Waals surface area contributed by atoms with Gasteiger partial charge in [0.1, 0.15) is 5.82 Å². The second-order valence-electron chi connectivity index (χ2n) is 7.21. The number of aromatic nitrogens is 2. The summed E-state index contributed by atoms with van der Waals surface area (Å²) in [6.07, 6.45) is 5.71. The number of aryl methyl sites for hydroxylation is 3. The summed E-state index contributed by atoms with van der Waals surface area (Å²) in [5.74, 6) is 1.15. The van der Waals surface area contributed by atoms with Gasteiger partial charge in [0, 0.05) is 29.9 Å². The minimum atomic E-state index is 0.0333. The highest BCUT2D eigenvalue weighted by atomic mass is 35.5. The van der Waals surface area contributed by atoms with E-state index in [0.29, 0.717) is 12.6 Å². The first-order valence-corrected chi connectivity index (χ1v) is 9.76. The molecule has 1 aliphatic heterocycles. The number of anilines is 2. The van der Waals surface area contributed by atoms with Crippen molar-refractivity contribution >= 4 is 23.4 Å². The van der Waals surface area contributed by atoms with Crippen LogP contribution in [0.4, 0.5) is 11.8 Å². The van der Waals surface area contributed by atoms with Gasteiger partial charge in [-0.05, 0) is 61.8 Å². The molecule has 0 bridgehead atoms. The molecule has 1 aliphatic carbocycles. The van der Waals surface area contributed by atoms with Gasteiger partial charge in [0.25, 0.3) is 0 Å². The molecular formula is C20H25ClN4O. The Hall–Kier alpha value is -1.85. The Balaban J connectivity index is 1.76. The number of halogens is 1. The molecule has 0 saturated carbocycles. The Bertz CT molecular complexity index is 790. The molecule has 1 aromatic heterocycles. The number of nitrogens with two attached hydrogens (primary N) is 1. The summed E-state index contributed by atoms with van der Waals surface area (Å²) in [7, 11) is 0. The Kier molecular flexibility index (Phi) is 5.00. The van der Waals surface area contributed by atoms with Gasteiger partial charge in [0.05, 0.1) is 12.6 Å². The van der Waals surface area contributed by atoms with Crippen LogP contribution in [0.15, 0.2) is 18.2 Å². The molecule has 0 spiro atoms. The van der Waals surface area contributed by atoms with Gasteiger partial charge in [-0.15, -0.1) is 0 Å². The van der Waals surface area contributed by atoms with Gasteiger partial charge >= 0.3 is 0 Å². The lowest BCUT2D eigenvalue weighted by atomic mass is 9.89. The highest BCUT2D eigenvalue weighted by molar-refractivity contribution is 6.31. The third kappa shape index (κ3) is 3.51. The van der Waals surface area contributed by atoms with Gasteiger partial charge in [0.15, 0.2) is 0 Å². The van der Waals surface area contributed by atoms with Crippen molar-refractivity contribution in [3.63, 3.8) is 0 Å². The van der Waals surface area contributed by atoms with Crippen LogP contribution in [0.5, 0.6) is 0 Å². The lowest BCUT2D eigenvalue weighted by molar-refractivity contribution is 0.134. The zero-order chi connectivity index (χ0) is 18.1. The van der Waals surface area contributed by atoms with E-state index in [-0.39, 0.29) is 6.04 Å². The van der Waals surface area contributed by atoms with E-state index in [2.05, 4.69) is 27.0 Å². The van der Waals surface area contributed by atoms with E-state index in [1.54, 1.807) is 0 Å². The highest BCUT2D eigenvalue weighted by Crippen LogP contribution is 2.36. The summed E-state index contributed by atoms with van der Waals surface area (Å²) < 4.78 is 5.90. The van der Waals surface area contributed by atoms with Crippen LogP contribution < -0.4 is 10.6 Å². The molecule has 1 fully saturated rings. The average molecular weight is 373 g/mol. The minimum Gasteiger partial charge on any atom is -0.379 e. The smallest absolute Gasteiger partial charge is 0.222 e. The van der Waals surface area contributed by atoms with E-state index in [1.165, 1.54) is 24.0 Å². The maximum absolute atomic E-state index is 6.72. The van der Waals surface area contributed by atoms with E-state index in [9.17, 15) is 0 Å². The van der Waals surface area contributed by atoms with Crippen LogP contribution in [0, 0.1) is 6.92 Å². The maximum atomic E-state index is 6.72. The SMILES string of the molecule is Cc1cc(N2CCCOCC2c2cc3c(cc2Cl)CCCC3)nc(N)n1. The number of nitrogen functional groups attached to an aromatic ring is 1. The van der Waals surface area contributed by atoms with E-state index in [0.717, 1.165) is 54.5 Å². The molecule has 2 heterocycles. The first kappa shape index (κ1) is 17.6. The van der Waals surface area contributed by atoms with Crippen LogP contribution in [0.2, 0.25) is 5.02 Å². The second-order valence-corrected chi connectivity index (χ2v) is 7.62. The Morgan fingerprint density at radius 2 is 1.88 bits per heavy atom. The van der Waals surface area contributed by atoms with Crippen molar-refractivity contribution in [1.29, 1.82) is 0 Å². The molecule has 1 saturated heterocycles. The number of nitrogens with zero attached hydrogens (tertiary/aromatic N) is 3. The summed E-state index contributed by atoms with van der Waals surface area (Å²) in [4.78, 5) is 11.0. The molecule has 26 heavy (non-hydrogen) atoms. The van der Waals surface area contributed by atoms with Crippen molar-refractivity contribution in [3.05, 3.63) is 45.6 Å². The van der Waals surface area contributed by atoms with Gasteiger partial charge in [0.2, 0.25) is 5.95 Å². The number of ether oxygens (including phenoxy) is 1. The van der Waals surface area contributed by atoms with E-state index in [4.69, 9.17) is 22.1 Å². The molecule has 5 nitrogen and oxygen atoms in total. The molecule has 6 heteroatoms. The molecule has 138 valence electrons. The van der Waals surface area contributed by atoms with Gasteiger partial charge in [-0.25, -0.2) is 4.98 Å². The van der Waals surface area contributed by atoms with Crippen LogP contribution in [-0.2, 0) is 17.6 Å². The molecule has 1 aromatic carbocycles. The second kappa shape index (κ2) is 7.41. The van der Waals surface area contributed by atoms with Crippen molar-refractivity contribution in [1.82, 2.24) is 9.97 Å². The monoisotopic (exact) mass is 372 g/mol. The Labute approximate surface area is 159 Å². The van der Waals surface area contributed by atoms with Crippen molar-refractivity contribution in [2.45, 2.75) is 45.1 Å². The molecule has 2 aliphatic rings. The lowest BCUT2D eigenvalue weighted by Crippen LogP contribution is -2.32.